The molecule has 92 valence electrons. The summed E-state index contributed by atoms with van der Waals surface area (Å²) in [5.74, 6) is -0.682. The number of para-hydroxylation sites is 1. The van der Waals surface area contributed by atoms with Gasteiger partial charge in [-0.05, 0) is 12.1 Å². The molecule has 0 saturated heterocycles. The first-order chi connectivity index (χ1) is 7.93. The lowest BCUT2D eigenvalue weighted by molar-refractivity contribution is -0.126. The van der Waals surface area contributed by atoms with Crippen LogP contribution in [0.4, 0.5) is 11.4 Å². The fraction of sp³-hybridized carbons (Fsp3) is 0.273. The Kier molecular flexibility index (Phi) is 3.92. The summed E-state index contributed by atoms with van der Waals surface area (Å²) in [5.41, 5.74) is 11.9. The van der Waals surface area contributed by atoms with Gasteiger partial charge in [-0.1, -0.05) is 6.07 Å². The van der Waals surface area contributed by atoms with Crippen LogP contribution in [-0.4, -0.2) is 37.4 Å². The van der Waals surface area contributed by atoms with Gasteiger partial charge in [-0.2, -0.15) is 0 Å². The lowest BCUT2D eigenvalue weighted by Gasteiger charge is -2.14. The second-order valence-corrected chi connectivity index (χ2v) is 3.77. The van der Waals surface area contributed by atoms with Crippen molar-refractivity contribution in [3.63, 3.8) is 0 Å². The van der Waals surface area contributed by atoms with Crippen molar-refractivity contribution >= 4 is 23.2 Å². The highest BCUT2D eigenvalue weighted by atomic mass is 16.2. The Bertz CT molecular complexity index is 443. The van der Waals surface area contributed by atoms with Crippen LogP contribution < -0.4 is 16.8 Å². The molecule has 0 heterocycles. The van der Waals surface area contributed by atoms with Crippen LogP contribution in [0.2, 0.25) is 0 Å². The van der Waals surface area contributed by atoms with Gasteiger partial charge in [0.2, 0.25) is 5.91 Å². The molecule has 0 bridgehead atoms. The molecule has 0 saturated carbocycles. The molecule has 0 unspecified atom stereocenters. The van der Waals surface area contributed by atoms with Gasteiger partial charge < -0.3 is 21.7 Å². The predicted octanol–water partition coefficient (Wildman–Crippen LogP) is -0.132. The predicted molar refractivity (Wildman–Crippen MR) is 66.6 cm³/mol. The average molecular weight is 236 g/mol. The molecule has 0 fully saturated rings. The smallest absolute Gasteiger partial charge is 0.250 e. The van der Waals surface area contributed by atoms with E-state index in [9.17, 15) is 9.59 Å². The second kappa shape index (κ2) is 5.20. The molecule has 6 heteroatoms. The van der Waals surface area contributed by atoms with E-state index in [-0.39, 0.29) is 23.7 Å². The van der Waals surface area contributed by atoms with Crippen molar-refractivity contribution in [1.82, 2.24) is 4.90 Å². The maximum atomic E-state index is 11.4. The second-order valence-electron chi connectivity index (χ2n) is 3.77. The number of carbonyl (C=O) groups is 2. The number of rotatable bonds is 4. The van der Waals surface area contributed by atoms with Crippen LogP contribution in [-0.2, 0) is 4.79 Å². The number of nitrogens with two attached hydrogens (primary N) is 2. The van der Waals surface area contributed by atoms with Crippen LogP contribution >= 0.6 is 0 Å². The van der Waals surface area contributed by atoms with E-state index in [0.29, 0.717) is 5.69 Å². The van der Waals surface area contributed by atoms with E-state index < -0.39 is 5.91 Å². The third-order valence-electron chi connectivity index (χ3n) is 2.30. The Balaban J connectivity index is 2.82. The molecule has 0 aliphatic carbocycles. The molecule has 0 spiro atoms. The van der Waals surface area contributed by atoms with Crippen molar-refractivity contribution in [2.75, 3.05) is 31.7 Å². The minimum absolute atomic E-state index is 0.0890. The van der Waals surface area contributed by atoms with Crippen LogP contribution in [0.1, 0.15) is 10.4 Å². The summed E-state index contributed by atoms with van der Waals surface area (Å²) >= 11 is 0. The SMILES string of the molecule is CN(C)C(=O)CNc1cccc(C(N)=O)c1N. The Hall–Kier alpha value is -2.24. The van der Waals surface area contributed by atoms with Crippen molar-refractivity contribution in [2.45, 2.75) is 0 Å². The molecule has 0 aromatic heterocycles. The molecule has 0 aliphatic heterocycles. The molecule has 2 amide bonds. The first kappa shape index (κ1) is 12.8. The third kappa shape index (κ3) is 3.10. The van der Waals surface area contributed by atoms with Crippen LogP contribution in [0.3, 0.4) is 0 Å². The van der Waals surface area contributed by atoms with E-state index in [4.69, 9.17) is 11.5 Å². The van der Waals surface area contributed by atoms with Gasteiger partial charge in [0.1, 0.15) is 0 Å². The number of nitrogen functional groups attached to an aromatic ring is 1. The first-order valence-corrected chi connectivity index (χ1v) is 5.05. The van der Waals surface area contributed by atoms with Gasteiger partial charge in [-0.3, -0.25) is 9.59 Å². The number of primary amides is 1. The zero-order chi connectivity index (χ0) is 13.0. The summed E-state index contributed by atoms with van der Waals surface area (Å²) in [6.07, 6.45) is 0. The van der Waals surface area contributed by atoms with E-state index in [1.54, 1.807) is 26.2 Å². The van der Waals surface area contributed by atoms with Crippen molar-refractivity contribution < 1.29 is 9.59 Å². The van der Waals surface area contributed by atoms with Crippen LogP contribution in [0, 0.1) is 0 Å². The summed E-state index contributed by atoms with van der Waals surface area (Å²) in [6, 6.07) is 4.88. The molecular formula is C11H16N4O2. The molecule has 0 radical (unpaired) electrons. The summed E-state index contributed by atoms with van der Waals surface area (Å²) in [4.78, 5) is 23.9. The highest BCUT2D eigenvalue weighted by molar-refractivity contribution is 6.01. The van der Waals surface area contributed by atoms with Crippen LogP contribution in [0.25, 0.3) is 0 Å². The molecule has 0 atom stereocenters. The van der Waals surface area contributed by atoms with E-state index >= 15 is 0 Å². The molecule has 1 aromatic carbocycles. The van der Waals surface area contributed by atoms with Gasteiger partial charge >= 0.3 is 0 Å². The van der Waals surface area contributed by atoms with Gasteiger partial charge in [0.15, 0.2) is 0 Å². The van der Waals surface area contributed by atoms with Crippen LogP contribution in [0.15, 0.2) is 18.2 Å². The van der Waals surface area contributed by atoms with E-state index in [2.05, 4.69) is 5.32 Å². The number of carbonyl (C=O) groups excluding carboxylic acids is 2. The molecule has 5 N–H and O–H groups in total. The van der Waals surface area contributed by atoms with Crippen LogP contribution in [0.5, 0.6) is 0 Å². The Morgan fingerprint density at radius 3 is 2.53 bits per heavy atom. The van der Waals surface area contributed by atoms with Gasteiger partial charge in [-0.25, -0.2) is 0 Å². The van der Waals surface area contributed by atoms with Crippen molar-refractivity contribution in [1.29, 1.82) is 0 Å². The fourth-order valence-corrected chi connectivity index (χ4v) is 1.26. The number of hydrogen-bond acceptors (Lipinski definition) is 4. The number of nitrogens with zero attached hydrogens (tertiary/aromatic N) is 1. The van der Waals surface area contributed by atoms with Crippen molar-refractivity contribution in [2.24, 2.45) is 5.73 Å². The van der Waals surface area contributed by atoms with Crippen molar-refractivity contribution in [3.8, 4) is 0 Å². The quantitative estimate of drug-likeness (QED) is 0.634. The molecule has 17 heavy (non-hydrogen) atoms. The maximum absolute atomic E-state index is 11.4. The molecule has 1 aromatic rings. The number of likely N-dealkylation sites (N-methyl/N-ethyl adjacent to an activating group) is 1. The standard InChI is InChI=1S/C11H16N4O2/c1-15(2)9(16)6-14-8-5-3-4-7(10(8)12)11(13)17/h3-5,14H,6,12H2,1-2H3,(H2,13,17). The number of hydrogen-bond donors (Lipinski definition) is 3. The van der Waals surface area contributed by atoms with Crippen molar-refractivity contribution in [3.05, 3.63) is 23.8 Å². The Labute approximate surface area is 99.6 Å². The number of amides is 2. The molecule has 1 rings (SSSR count). The third-order valence-corrected chi connectivity index (χ3v) is 2.30. The minimum atomic E-state index is -0.593. The molecule has 0 aliphatic rings. The summed E-state index contributed by atoms with van der Waals surface area (Å²) < 4.78 is 0. The van der Waals surface area contributed by atoms with Gasteiger partial charge in [-0.15, -0.1) is 0 Å². The lowest BCUT2D eigenvalue weighted by atomic mass is 10.1. The number of anilines is 2. The topological polar surface area (TPSA) is 101 Å². The number of nitrogens with one attached hydrogen (secondary N) is 1. The minimum Gasteiger partial charge on any atom is -0.396 e. The highest BCUT2D eigenvalue weighted by Gasteiger charge is 2.10. The normalized spacial score (nSPS) is 9.76. The monoisotopic (exact) mass is 236 g/mol. The van der Waals surface area contributed by atoms with E-state index in [0.717, 1.165) is 0 Å². The highest BCUT2D eigenvalue weighted by Crippen LogP contribution is 2.21. The van der Waals surface area contributed by atoms with Gasteiger partial charge in [0.05, 0.1) is 23.5 Å². The largest absolute Gasteiger partial charge is 0.396 e. The Morgan fingerprint density at radius 2 is 2.00 bits per heavy atom. The van der Waals surface area contributed by atoms with E-state index in [1.165, 1.54) is 11.0 Å². The first-order valence-electron chi connectivity index (χ1n) is 5.05. The maximum Gasteiger partial charge on any atom is 0.250 e. The molecular weight excluding hydrogens is 220 g/mol. The zero-order valence-corrected chi connectivity index (χ0v) is 9.86. The summed E-state index contributed by atoms with van der Waals surface area (Å²) in [7, 11) is 3.32. The molecule has 6 nitrogen and oxygen atoms in total. The fourth-order valence-electron chi connectivity index (χ4n) is 1.26. The average Bonchev–Trinajstić information content (AvgIpc) is 2.26. The number of benzene rings is 1. The lowest BCUT2D eigenvalue weighted by Crippen LogP contribution is -2.29. The van der Waals surface area contributed by atoms with Gasteiger partial charge in [0.25, 0.3) is 5.91 Å². The van der Waals surface area contributed by atoms with Gasteiger partial charge in [0, 0.05) is 14.1 Å². The zero-order valence-electron chi connectivity index (χ0n) is 9.86. The summed E-state index contributed by atoms with van der Waals surface area (Å²) in [5, 5.41) is 2.87. The Morgan fingerprint density at radius 1 is 1.35 bits per heavy atom. The summed E-state index contributed by atoms with van der Waals surface area (Å²) in [6.45, 7) is 0.111. The van der Waals surface area contributed by atoms with E-state index in [1.807, 2.05) is 0 Å².